The number of rotatable bonds is 2. The molecule has 3 nitrogen and oxygen atoms in total. The molecule has 0 amide bonds. The SMILES string of the molecule is CN1CCCN(c2cc(F)cc(CN)c2)CC1. The van der Waals surface area contributed by atoms with Gasteiger partial charge in [-0.2, -0.15) is 0 Å². The van der Waals surface area contributed by atoms with Gasteiger partial charge in [-0.25, -0.2) is 4.39 Å². The zero-order chi connectivity index (χ0) is 12.3. The van der Waals surface area contributed by atoms with Gasteiger partial charge in [0.15, 0.2) is 0 Å². The molecule has 1 heterocycles. The van der Waals surface area contributed by atoms with E-state index in [1.54, 1.807) is 6.07 Å². The van der Waals surface area contributed by atoms with Gasteiger partial charge in [0, 0.05) is 31.9 Å². The first-order valence-corrected chi connectivity index (χ1v) is 6.12. The molecule has 1 aromatic rings. The Kier molecular flexibility index (Phi) is 3.97. The lowest BCUT2D eigenvalue weighted by atomic mass is 10.1. The number of halogens is 1. The average molecular weight is 237 g/mol. The van der Waals surface area contributed by atoms with Gasteiger partial charge >= 0.3 is 0 Å². The van der Waals surface area contributed by atoms with Crippen molar-refractivity contribution in [2.75, 3.05) is 38.1 Å². The van der Waals surface area contributed by atoms with Gasteiger partial charge in [0.25, 0.3) is 0 Å². The van der Waals surface area contributed by atoms with Crippen molar-refractivity contribution >= 4 is 5.69 Å². The number of hydrogen-bond donors (Lipinski definition) is 1. The van der Waals surface area contributed by atoms with Crippen LogP contribution in [0.1, 0.15) is 12.0 Å². The Bertz CT molecular complexity index is 381. The van der Waals surface area contributed by atoms with Crippen LogP contribution < -0.4 is 10.6 Å². The maximum absolute atomic E-state index is 13.5. The van der Waals surface area contributed by atoms with Crippen LogP contribution in [0.2, 0.25) is 0 Å². The predicted octanol–water partition coefficient (Wildman–Crippen LogP) is 1.43. The Morgan fingerprint density at radius 1 is 1.18 bits per heavy atom. The van der Waals surface area contributed by atoms with Gasteiger partial charge in [-0.1, -0.05) is 0 Å². The van der Waals surface area contributed by atoms with Crippen LogP contribution in [0.3, 0.4) is 0 Å². The number of nitrogens with zero attached hydrogens (tertiary/aromatic N) is 2. The second-order valence-corrected chi connectivity index (χ2v) is 4.67. The molecule has 1 aliphatic heterocycles. The minimum Gasteiger partial charge on any atom is -0.370 e. The molecule has 0 aromatic heterocycles. The molecule has 4 heteroatoms. The summed E-state index contributed by atoms with van der Waals surface area (Å²) in [5.74, 6) is -0.194. The van der Waals surface area contributed by atoms with Crippen LogP contribution in [0, 0.1) is 5.82 Å². The largest absolute Gasteiger partial charge is 0.370 e. The Hall–Kier alpha value is -1.13. The van der Waals surface area contributed by atoms with Gasteiger partial charge in [0.1, 0.15) is 5.82 Å². The van der Waals surface area contributed by atoms with E-state index in [4.69, 9.17) is 5.73 Å². The van der Waals surface area contributed by atoms with Crippen molar-refractivity contribution < 1.29 is 4.39 Å². The third-order valence-electron chi connectivity index (χ3n) is 3.26. The monoisotopic (exact) mass is 237 g/mol. The molecule has 1 aromatic carbocycles. The van der Waals surface area contributed by atoms with Crippen LogP contribution in [0.25, 0.3) is 0 Å². The molecule has 0 bridgehead atoms. The van der Waals surface area contributed by atoms with Crippen molar-refractivity contribution in [3.63, 3.8) is 0 Å². The molecule has 2 N–H and O–H groups in total. The smallest absolute Gasteiger partial charge is 0.125 e. The molecule has 1 aliphatic rings. The van der Waals surface area contributed by atoms with Gasteiger partial charge < -0.3 is 15.5 Å². The summed E-state index contributed by atoms with van der Waals surface area (Å²) in [6, 6.07) is 5.10. The maximum Gasteiger partial charge on any atom is 0.125 e. The highest BCUT2D eigenvalue weighted by Crippen LogP contribution is 2.20. The van der Waals surface area contributed by atoms with Gasteiger partial charge in [0.05, 0.1) is 0 Å². The fourth-order valence-electron chi connectivity index (χ4n) is 2.24. The summed E-state index contributed by atoms with van der Waals surface area (Å²) in [5, 5.41) is 0. The maximum atomic E-state index is 13.5. The molecule has 1 saturated heterocycles. The first kappa shape index (κ1) is 12.3. The zero-order valence-corrected chi connectivity index (χ0v) is 10.3. The molecular weight excluding hydrogens is 217 g/mol. The van der Waals surface area contributed by atoms with E-state index in [0.717, 1.165) is 43.9 Å². The molecule has 2 rings (SSSR count). The van der Waals surface area contributed by atoms with Gasteiger partial charge in [0.2, 0.25) is 0 Å². The highest BCUT2D eigenvalue weighted by Gasteiger charge is 2.13. The normalized spacial score (nSPS) is 18.2. The topological polar surface area (TPSA) is 32.5 Å². The number of hydrogen-bond acceptors (Lipinski definition) is 3. The van der Waals surface area contributed by atoms with Crippen molar-refractivity contribution in [1.82, 2.24) is 4.90 Å². The van der Waals surface area contributed by atoms with E-state index in [1.807, 2.05) is 6.07 Å². The lowest BCUT2D eigenvalue weighted by Gasteiger charge is -2.23. The van der Waals surface area contributed by atoms with Crippen LogP contribution in [-0.4, -0.2) is 38.1 Å². The third kappa shape index (κ3) is 3.17. The van der Waals surface area contributed by atoms with Crippen molar-refractivity contribution in [2.24, 2.45) is 5.73 Å². The molecule has 17 heavy (non-hydrogen) atoms. The number of likely N-dealkylation sites (N-methyl/N-ethyl adjacent to an activating group) is 1. The summed E-state index contributed by atoms with van der Waals surface area (Å²) >= 11 is 0. The zero-order valence-electron chi connectivity index (χ0n) is 10.3. The minimum atomic E-state index is -0.194. The fraction of sp³-hybridized carbons (Fsp3) is 0.538. The van der Waals surface area contributed by atoms with Gasteiger partial charge in [-0.3, -0.25) is 0 Å². The molecule has 0 aliphatic carbocycles. The summed E-state index contributed by atoms with van der Waals surface area (Å²) in [4.78, 5) is 4.55. The number of benzene rings is 1. The molecule has 0 saturated carbocycles. The fourth-order valence-corrected chi connectivity index (χ4v) is 2.24. The molecule has 0 radical (unpaired) electrons. The third-order valence-corrected chi connectivity index (χ3v) is 3.26. The summed E-state index contributed by atoms with van der Waals surface area (Å²) in [6.07, 6.45) is 1.12. The van der Waals surface area contributed by atoms with Crippen LogP contribution >= 0.6 is 0 Å². The highest BCUT2D eigenvalue weighted by molar-refractivity contribution is 5.49. The van der Waals surface area contributed by atoms with E-state index in [0.29, 0.717) is 6.54 Å². The Morgan fingerprint density at radius 2 is 2.00 bits per heavy atom. The highest BCUT2D eigenvalue weighted by atomic mass is 19.1. The van der Waals surface area contributed by atoms with E-state index in [1.165, 1.54) is 6.07 Å². The summed E-state index contributed by atoms with van der Waals surface area (Å²) in [6.45, 7) is 4.45. The first-order chi connectivity index (χ1) is 8.19. The van der Waals surface area contributed by atoms with Gasteiger partial charge in [-0.15, -0.1) is 0 Å². The lowest BCUT2D eigenvalue weighted by molar-refractivity contribution is 0.360. The predicted molar refractivity (Wildman–Crippen MR) is 68.6 cm³/mol. The van der Waals surface area contributed by atoms with Crippen LogP contribution in [0.5, 0.6) is 0 Å². The van der Waals surface area contributed by atoms with E-state index in [9.17, 15) is 4.39 Å². The Balaban J connectivity index is 2.17. The van der Waals surface area contributed by atoms with E-state index < -0.39 is 0 Å². The first-order valence-electron chi connectivity index (χ1n) is 6.12. The van der Waals surface area contributed by atoms with Crippen LogP contribution in [-0.2, 0) is 6.54 Å². The van der Waals surface area contributed by atoms with E-state index >= 15 is 0 Å². The summed E-state index contributed by atoms with van der Waals surface area (Å²) in [5.41, 5.74) is 7.39. The van der Waals surface area contributed by atoms with Crippen molar-refractivity contribution in [3.8, 4) is 0 Å². The molecule has 1 fully saturated rings. The van der Waals surface area contributed by atoms with Crippen LogP contribution in [0.15, 0.2) is 18.2 Å². The standard InChI is InChI=1S/C13H20FN3/c1-16-3-2-4-17(6-5-16)13-8-11(10-15)7-12(14)9-13/h7-9H,2-6,10,15H2,1H3. The van der Waals surface area contributed by atoms with Crippen molar-refractivity contribution in [3.05, 3.63) is 29.6 Å². The number of anilines is 1. The molecular formula is C13H20FN3. The van der Waals surface area contributed by atoms with E-state index in [-0.39, 0.29) is 5.82 Å². The second-order valence-electron chi connectivity index (χ2n) is 4.67. The number of nitrogens with two attached hydrogens (primary N) is 1. The minimum absolute atomic E-state index is 0.194. The quantitative estimate of drug-likeness (QED) is 0.844. The van der Waals surface area contributed by atoms with Gasteiger partial charge in [-0.05, 0) is 43.8 Å². The lowest BCUT2D eigenvalue weighted by Crippen LogP contribution is -2.28. The second kappa shape index (κ2) is 5.47. The summed E-state index contributed by atoms with van der Waals surface area (Å²) < 4.78 is 13.5. The van der Waals surface area contributed by atoms with Crippen molar-refractivity contribution in [1.29, 1.82) is 0 Å². The summed E-state index contributed by atoms with van der Waals surface area (Å²) in [7, 11) is 2.13. The molecule has 0 atom stereocenters. The molecule has 0 unspecified atom stereocenters. The Morgan fingerprint density at radius 3 is 2.76 bits per heavy atom. The molecule has 0 spiro atoms. The van der Waals surface area contributed by atoms with E-state index in [2.05, 4.69) is 16.8 Å². The van der Waals surface area contributed by atoms with Crippen molar-refractivity contribution in [2.45, 2.75) is 13.0 Å². The molecule has 94 valence electrons. The average Bonchev–Trinajstić information content (AvgIpc) is 2.53. The Labute approximate surface area is 102 Å². The van der Waals surface area contributed by atoms with Crippen LogP contribution in [0.4, 0.5) is 10.1 Å².